The Hall–Kier alpha value is -0.120. The minimum atomic E-state index is 0.399. The molecule has 0 aliphatic carbocycles. The van der Waals surface area contributed by atoms with E-state index in [1.807, 2.05) is 7.05 Å². The first kappa shape index (κ1) is 12.0. The fourth-order valence-corrected chi connectivity index (χ4v) is 2.02. The Bertz CT molecular complexity index is 163. The Kier molecular flexibility index (Phi) is 4.85. The molecule has 0 saturated carbocycles. The second-order valence-corrected chi connectivity index (χ2v) is 4.45. The van der Waals surface area contributed by atoms with Crippen molar-refractivity contribution >= 4 is 0 Å². The molecule has 14 heavy (non-hydrogen) atoms. The summed E-state index contributed by atoms with van der Waals surface area (Å²) in [6.45, 7) is 9.76. The van der Waals surface area contributed by atoms with Crippen LogP contribution in [0.1, 0.15) is 27.2 Å². The summed E-state index contributed by atoms with van der Waals surface area (Å²) in [4.78, 5) is 2.53. The molecule has 1 N–H and O–H groups in total. The van der Waals surface area contributed by atoms with E-state index >= 15 is 0 Å². The smallest absolute Gasteiger partial charge is 0.0674 e. The number of hydrogen-bond donors (Lipinski definition) is 1. The van der Waals surface area contributed by atoms with Crippen LogP contribution >= 0.6 is 0 Å². The monoisotopic (exact) mass is 200 g/mol. The van der Waals surface area contributed by atoms with Gasteiger partial charge in [0.15, 0.2) is 0 Å². The van der Waals surface area contributed by atoms with Crippen LogP contribution in [0, 0.1) is 0 Å². The highest BCUT2D eigenvalue weighted by Gasteiger charge is 2.21. The van der Waals surface area contributed by atoms with Crippen molar-refractivity contribution in [1.82, 2.24) is 10.2 Å². The highest BCUT2D eigenvalue weighted by Crippen LogP contribution is 2.12. The van der Waals surface area contributed by atoms with E-state index in [1.54, 1.807) is 0 Å². The first-order valence-corrected chi connectivity index (χ1v) is 5.66. The van der Waals surface area contributed by atoms with Gasteiger partial charge in [-0.15, -0.1) is 0 Å². The first-order valence-electron chi connectivity index (χ1n) is 5.66. The maximum Gasteiger partial charge on any atom is 0.0674 e. The normalized spacial score (nSPS) is 28.7. The van der Waals surface area contributed by atoms with Gasteiger partial charge in [0.25, 0.3) is 0 Å². The Morgan fingerprint density at radius 2 is 2.21 bits per heavy atom. The molecule has 3 nitrogen and oxygen atoms in total. The molecular weight excluding hydrogens is 176 g/mol. The Morgan fingerprint density at radius 1 is 1.50 bits per heavy atom. The lowest BCUT2D eigenvalue weighted by molar-refractivity contribution is -0.0334. The van der Waals surface area contributed by atoms with Gasteiger partial charge in [0, 0.05) is 25.2 Å². The van der Waals surface area contributed by atoms with Gasteiger partial charge in [0.05, 0.1) is 12.7 Å². The van der Waals surface area contributed by atoms with Crippen LogP contribution in [0.15, 0.2) is 0 Å². The standard InChI is InChI=1S/C11H24N2O/c1-9(12-4)7-10(2)13-5-6-14-11(3)8-13/h9-12H,5-8H2,1-4H3. The average molecular weight is 200 g/mol. The summed E-state index contributed by atoms with van der Waals surface area (Å²) in [6, 6.07) is 1.26. The van der Waals surface area contributed by atoms with Crippen LogP contribution in [0.25, 0.3) is 0 Å². The summed E-state index contributed by atoms with van der Waals surface area (Å²) >= 11 is 0. The van der Waals surface area contributed by atoms with Gasteiger partial charge in [-0.3, -0.25) is 4.90 Å². The third-order valence-electron chi connectivity index (χ3n) is 3.08. The predicted molar refractivity (Wildman–Crippen MR) is 59.6 cm³/mol. The van der Waals surface area contributed by atoms with Gasteiger partial charge in [-0.25, -0.2) is 0 Å². The molecule has 3 unspecified atom stereocenters. The number of ether oxygens (including phenoxy) is 1. The lowest BCUT2D eigenvalue weighted by Gasteiger charge is -2.36. The summed E-state index contributed by atoms with van der Waals surface area (Å²) in [5, 5.41) is 3.29. The van der Waals surface area contributed by atoms with Gasteiger partial charge >= 0.3 is 0 Å². The second kappa shape index (κ2) is 5.69. The molecule has 1 saturated heterocycles. The molecule has 3 atom stereocenters. The maximum absolute atomic E-state index is 5.53. The van der Waals surface area contributed by atoms with Crippen molar-refractivity contribution in [2.75, 3.05) is 26.7 Å². The van der Waals surface area contributed by atoms with Gasteiger partial charge in [-0.1, -0.05) is 0 Å². The quantitative estimate of drug-likeness (QED) is 0.735. The van der Waals surface area contributed by atoms with Crippen LogP contribution in [0.4, 0.5) is 0 Å². The summed E-state index contributed by atoms with van der Waals surface area (Å²) in [6.07, 6.45) is 1.61. The fourth-order valence-electron chi connectivity index (χ4n) is 2.02. The topological polar surface area (TPSA) is 24.5 Å². The van der Waals surface area contributed by atoms with Crippen molar-refractivity contribution in [3.63, 3.8) is 0 Å². The zero-order valence-electron chi connectivity index (χ0n) is 9.92. The molecule has 1 heterocycles. The second-order valence-electron chi connectivity index (χ2n) is 4.45. The van der Waals surface area contributed by atoms with Gasteiger partial charge in [-0.2, -0.15) is 0 Å². The molecule has 1 aliphatic rings. The number of nitrogens with zero attached hydrogens (tertiary/aromatic N) is 1. The Labute approximate surface area is 87.8 Å². The fraction of sp³-hybridized carbons (Fsp3) is 1.00. The molecule has 0 spiro atoms. The van der Waals surface area contributed by atoms with Gasteiger partial charge in [0.1, 0.15) is 0 Å². The summed E-state index contributed by atoms with van der Waals surface area (Å²) in [5.74, 6) is 0. The van der Waals surface area contributed by atoms with E-state index in [0.29, 0.717) is 18.2 Å². The minimum Gasteiger partial charge on any atom is -0.376 e. The van der Waals surface area contributed by atoms with Crippen LogP contribution in [-0.2, 0) is 4.74 Å². The van der Waals surface area contributed by atoms with E-state index < -0.39 is 0 Å². The Balaban J connectivity index is 2.31. The first-order chi connectivity index (χ1) is 6.63. The van der Waals surface area contributed by atoms with E-state index in [4.69, 9.17) is 4.74 Å². The lowest BCUT2D eigenvalue weighted by Crippen LogP contribution is -2.47. The van der Waals surface area contributed by atoms with E-state index in [1.165, 1.54) is 6.42 Å². The molecule has 0 aromatic carbocycles. The van der Waals surface area contributed by atoms with Crippen LogP contribution in [0.3, 0.4) is 0 Å². The molecule has 0 bridgehead atoms. The van der Waals surface area contributed by atoms with Crippen molar-refractivity contribution in [3.8, 4) is 0 Å². The van der Waals surface area contributed by atoms with Crippen LogP contribution in [-0.4, -0.2) is 49.8 Å². The Morgan fingerprint density at radius 3 is 2.79 bits per heavy atom. The number of nitrogens with one attached hydrogen (secondary N) is 1. The SMILES string of the molecule is CNC(C)CC(C)N1CCOC(C)C1. The van der Waals surface area contributed by atoms with Gasteiger partial charge < -0.3 is 10.1 Å². The summed E-state index contributed by atoms with van der Waals surface area (Å²) in [5.41, 5.74) is 0. The van der Waals surface area contributed by atoms with E-state index in [9.17, 15) is 0 Å². The lowest BCUT2D eigenvalue weighted by atomic mass is 10.1. The third-order valence-corrected chi connectivity index (χ3v) is 3.08. The molecule has 0 radical (unpaired) electrons. The van der Waals surface area contributed by atoms with E-state index in [-0.39, 0.29) is 0 Å². The zero-order chi connectivity index (χ0) is 10.6. The van der Waals surface area contributed by atoms with Crippen LogP contribution in [0.2, 0.25) is 0 Å². The van der Waals surface area contributed by atoms with Crippen molar-refractivity contribution in [2.45, 2.75) is 45.4 Å². The zero-order valence-corrected chi connectivity index (χ0v) is 9.92. The summed E-state index contributed by atoms with van der Waals surface area (Å²) in [7, 11) is 2.03. The predicted octanol–water partition coefficient (Wildman–Crippen LogP) is 1.09. The summed E-state index contributed by atoms with van der Waals surface area (Å²) < 4.78 is 5.53. The molecule has 1 fully saturated rings. The molecule has 3 heteroatoms. The largest absolute Gasteiger partial charge is 0.376 e. The molecule has 84 valence electrons. The third kappa shape index (κ3) is 3.56. The van der Waals surface area contributed by atoms with Crippen molar-refractivity contribution < 1.29 is 4.74 Å². The molecule has 0 aromatic heterocycles. The van der Waals surface area contributed by atoms with Crippen molar-refractivity contribution in [3.05, 3.63) is 0 Å². The van der Waals surface area contributed by atoms with Gasteiger partial charge in [0.2, 0.25) is 0 Å². The highest BCUT2D eigenvalue weighted by molar-refractivity contribution is 4.76. The number of morpholine rings is 1. The molecule has 0 aromatic rings. The average Bonchev–Trinajstić information content (AvgIpc) is 2.17. The number of rotatable bonds is 4. The van der Waals surface area contributed by atoms with Crippen molar-refractivity contribution in [2.24, 2.45) is 0 Å². The number of hydrogen-bond acceptors (Lipinski definition) is 3. The van der Waals surface area contributed by atoms with Gasteiger partial charge in [-0.05, 0) is 34.2 Å². The minimum absolute atomic E-state index is 0.399. The van der Waals surface area contributed by atoms with E-state index in [2.05, 4.69) is 31.0 Å². The molecule has 1 aliphatic heterocycles. The molecule has 0 amide bonds. The maximum atomic E-state index is 5.53. The molecule has 1 rings (SSSR count). The molecular formula is C11H24N2O. The van der Waals surface area contributed by atoms with Crippen molar-refractivity contribution in [1.29, 1.82) is 0 Å². The van der Waals surface area contributed by atoms with Crippen LogP contribution in [0.5, 0.6) is 0 Å². The van der Waals surface area contributed by atoms with Crippen LogP contribution < -0.4 is 5.32 Å². The highest BCUT2D eigenvalue weighted by atomic mass is 16.5. The van der Waals surface area contributed by atoms with E-state index in [0.717, 1.165) is 19.7 Å².